The summed E-state index contributed by atoms with van der Waals surface area (Å²) in [5.41, 5.74) is 5.38. The molecule has 1 saturated carbocycles. The highest BCUT2D eigenvalue weighted by Gasteiger charge is 2.32. The molecule has 3 fully saturated rings. The summed E-state index contributed by atoms with van der Waals surface area (Å²) in [6.45, 7) is 9.55. The van der Waals surface area contributed by atoms with E-state index in [1.54, 1.807) is 0 Å². The molecule has 1 aromatic heterocycles. The van der Waals surface area contributed by atoms with Crippen LogP contribution in [0.5, 0.6) is 0 Å². The van der Waals surface area contributed by atoms with Crippen molar-refractivity contribution in [2.75, 3.05) is 50.0 Å². The maximum absolute atomic E-state index is 12.5. The van der Waals surface area contributed by atoms with Crippen LogP contribution in [0.25, 0.3) is 5.70 Å². The molecule has 6 heteroatoms. The van der Waals surface area contributed by atoms with Gasteiger partial charge in [-0.15, -0.1) is 0 Å². The molecule has 0 radical (unpaired) electrons. The van der Waals surface area contributed by atoms with Crippen LogP contribution in [0.3, 0.4) is 0 Å². The predicted octanol–water partition coefficient (Wildman–Crippen LogP) is 4.77. The Balaban J connectivity index is 1.47. The quantitative estimate of drug-likeness (QED) is 0.674. The molecule has 3 heterocycles. The number of nitrogens with zero attached hydrogens (tertiary/aromatic N) is 4. The van der Waals surface area contributed by atoms with E-state index in [0.29, 0.717) is 0 Å². The summed E-state index contributed by atoms with van der Waals surface area (Å²) in [5, 5.41) is 3.16. The second kappa shape index (κ2) is 10.2. The molecule has 3 aliphatic rings. The van der Waals surface area contributed by atoms with Crippen LogP contribution in [0.15, 0.2) is 49.2 Å². The summed E-state index contributed by atoms with van der Waals surface area (Å²) in [4.78, 5) is 24.5. The van der Waals surface area contributed by atoms with E-state index in [1.807, 2.05) is 18.3 Å². The Hall–Kier alpha value is -2.86. The first-order valence-corrected chi connectivity index (χ1v) is 12.9. The molecule has 1 aliphatic carbocycles. The molecule has 34 heavy (non-hydrogen) atoms. The van der Waals surface area contributed by atoms with Crippen molar-refractivity contribution >= 4 is 23.0 Å². The molecule has 2 saturated heterocycles. The molecule has 1 amide bonds. The Kier molecular flexibility index (Phi) is 6.86. The van der Waals surface area contributed by atoms with Gasteiger partial charge in [-0.1, -0.05) is 25.5 Å². The highest BCUT2D eigenvalue weighted by Crippen LogP contribution is 2.38. The number of piperazine rings is 1. The number of carbonyl (C=O) groups is 1. The van der Waals surface area contributed by atoms with Crippen LogP contribution in [-0.2, 0) is 4.79 Å². The van der Waals surface area contributed by atoms with Crippen molar-refractivity contribution in [1.29, 1.82) is 0 Å². The van der Waals surface area contributed by atoms with E-state index < -0.39 is 0 Å². The standard InChI is InChI=1S/C28H37N5O/c1-21(33-18-17-31(2)20-27(33)25-9-5-6-14-29-25)24-13-12-23(30-28(34)22-10-11-22)19-26(24)32-15-7-3-4-8-16-32/h5-6,9,12-14,19,22,27H,1,3-4,7-8,10-11,15-18,20H2,2H3,(H,30,34). The average molecular weight is 460 g/mol. The van der Waals surface area contributed by atoms with Crippen molar-refractivity contribution in [3.63, 3.8) is 0 Å². The van der Waals surface area contributed by atoms with E-state index in [9.17, 15) is 4.79 Å². The van der Waals surface area contributed by atoms with E-state index in [0.717, 1.165) is 68.2 Å². The maximum atomic E-state index is 12.5. The predicted molar refractivity (Wildman–Crippen MR) is 139 cm³/mol. The monoisotopic (exact) mass is 459 g/mol. The van der Waals surface area contributed by atoms with Gasteiger partial charge in [0.1, 0.15) is 0 Å². The number of hydrogen-bond donors (Lipinski definition) is 1. The number of hydrogen-bond acceptors (Lipinski definition) is 5. The van der Waals surface area contributed by atoms with Crippen LogP contribution in [0.2, 0.25) is 0 Å². The van der Waals surface area contributed by atoms with Crippen molar-refractivity contribution in [3.8, 4) is 0 Å². The third kappa shape index (κ3) is 5.12. The number of amides is 1. The Morgan fingerprint density at radius 2 is 1.82 bits per heavy atom. The summed E-state index contributed by atoms with van der Waals surface area (Å²) >= 11 is 0. The van der Waals surface area contributed by atoms with Gasteiger partial charge in [-0.25, -0.2) is 0 Å². The molecule has 5 rings (SSSR count). The van der Waals surface area contributed by atoms with Gasteiger partial charge in [0.15, 0.2) is 0 Å². The highest BCUT2D eigenvalue weighted by molar-refractivity contribution is 5.95. The van der Waals surface area contributed by atoms with Gasteiger partial charge in [0.05, 0.1) is 11.7 Å². The molecule has 2 aromatic rings. The molecule has 180 valence electrons. The molecule has 0 bridgehead atoms. The first-order valence-electron chi connectivity index (χ1n) is 12.9. The summed E-state index contributed by atoms with van der Waals surface area (Å²) < 4.78 is 0. The fourth-order valence-electron chi connectivity index (χ4n) is 5.24. The van der Waals surface area contributed by atoms with Gasteiger partial charge in [0, 0.05) is 67.5 Å². The summed E-state index contributed by atoms with van der Waals surface area (Å²) in [5.74, 6) is 0.350. The van der Waals surface area contributed by atoms with Gasteiger partial charge in [-0.3, -0.25) is 9.78 Å². The molecule has 1 unspecified atom stereocenters. The number of aromatic nitrogens is 1. The smallest absolute Gasteiger partial charge is 0.227 e. The number of likely N-dealkylation sites (N-methyl/N-ethyl adjacent to an activating group) is 1. The van der Waals surface area contributed by atoms with Crippen molar-refractivity contribution in [2.45, 2.75) is 44.6 Å². The van der Waals surface area contributed by atoms with Crippen molar-refractivity contribution in [1.82, 2.24) is 14.8 Å². The van der Waals surface area contributed by atoms with Crippen LogP contribution < -0.4 is 10.2 Å². The highest BCUT2D eigenvalue weighted by atomic mass is 16.2. The third-order valence-corrected chi connectivity index (χ3v) is 7.43. The summed E-state index contributed by atoms with van der Waals surface area (Å²) in [7, 11) is 2.18. The number of benzene rings is 1. The van der Waals surface area contributed by atoms with E-state index in [-0.39, 0.29) is 17.9 Å². The van der Waals surface area contributed by atoms with Gasteiger partial charge in [-0.05, 0) is 63.1 Å². The van der Waals surface area contributed by atoms with Crippen molar-refractivity contribution in [2.24, 2.45) is 5.92 Å². The first kappa shape index (κ1) is 22.9. The zero-order valence-electron chi connectivity index (χ0n) is 20.4. The van der Waals surface area contributed by atoms with E-state index in [2.05, 4.69) is 62.9 Å². The van der Waals surface area contributed by atoms with Crippen LogP contribution in [0, 0.1) is 5.92 Å². The molecule has 1 N–H and O–H groups in total. The Labute approximate surface area is 203 Å². The fourth-order valence-corrected chi connectivity index (χ4v) is 5.24. The van der Waals surface area contributed by atoms with Gasteiger partial charge in [0.25, 0.3) is 0 Å². The lowest BCUT2D eigenvalue weighted by Crippen LogP contribution is -2.46. The fraction of sp³-hybridized carbons (Fsp3) is 0.500. The lowest BCUT2D eigenvalue weighted by atomic mass is 10.0. The third-order valence-electron chi connectivity index (χ3n) is 7.43. The maximum Gasteiger partial charge on any atom is 0.227 e. The van der Waals surface area contributed by atoms with Crippen LogP contribution >= 0.6 is 0 Å². The topological polar surface area (TPSA) is 51.7 Å². The van der Waals surface area contributed by atoms with Gasteiger partial charge < -0.3 is 20.0 Å². The van der Waals surface area contributed by atoms with Crippen LogP contribution in [0.1, 0.15) is 55.8 Å². The number of carbonyl (C=O) groups excluding carboxylic acids is 1. The SMILES string of the molecule is C=C(c1ccc(NC(=O)C2CC2)cc1N1CCCCCC1)N1CCN(C)CC1c1ccccn1. The number of nitrogens with one attached hydrogen (secondary N) is 1. The molecular formula is C28H37N5O. The van der Waals surface area contributed by atoms with Gasteiger partial charge in [-0.2, -0.15) is 0 Å². The number of pyridine rings is 1. The molecule has 0 spiro atoms. The van der Waals surface area contributed by atoms with E-state index in [4.69, 9.17) is 0 Å². The lowest BCUT2D eigenvalue weighted by molar-refractivity contribution is -0.117. The zero-order valence-corrected chi connectivity index (χ0v) is 20.4. The minimum absolute atomic E-state index is 0.155. The van der Waals surface area contributed by atoms with E-state index >= 15 is 0 Å². The largest absolute Gasteiger partial charge is 0.371 e. The average Bonchev–Trinajstić information content (AvgIpc) is 3.72. The second-order valence-electron chi connectivity index (χ2n) is 10.1. The Morgan fingerprint density at radius 1 is 1.03 bits per heavy atom. The Morgan fingerprint density at radius 3 is 2.53 bits per heavy atom. The van der Waals surface area contributed by atoms with Crippen LogP contribution in [0.4, 0.5) is 11.4 Å². The zero-order chi connectivity index (χ0) is 23.5. The van der Waals surface area contributed by atoms with E-state index in [1.165, 1.54) is 31.4 Å². The second-order valence-corrected chi connectivity index (χ2v) is 10.1. The minimum atomic E-state index is 0.155. The lowest BCUT2D eigenvalue weighted by Gasteiger charge is -2.43. The Bertz CT molecular complexity index is 1010. The van der Waals surface area contributed by atoms with Gasteiger partial charge in [0.2, 0.25) is 5.91 Å². The molecule has 1 atom stereocenters. The van der Waals surface area contributed by atoms with Crippen LogP contribution in [-0.4, -0.2) is 60.5 Å². The summed E-state index contributed by atoms with van der Waals surface area (Å²) in [6.07, 6.45) is 8.88. The number of rotatable bonds is 6. The molecule has 1 aromatic carbocycles. The normalized spacial score (nSPS) is 21.7. The van der Waals surface area contributed by atoms with Crippen molar-refractivity contribution < 1.29 is 4.79 Å². The minimum Gasteiger partial charge on any atom is -0.371 e. The van der Waals surface area contributed by atoms with Crippen molar-refractivity contribution in [3.05, 3.63) is 60.4 Å². The molecular weight excluding hydrogens is 422 g/mol. The summed E-state index contributed by atoms with van der Waals surface area (Å²) in [6, 6.07) is 12.7. The molecule has 6 nitrogen and oxygen atoms in total. The number of anilines is 2. The first-order chi connectivity index (χ1) is 16.6. The van der Waals surface area contributed by atoms with Gasteiger partial charge >= 0.3 is 0 Å². The molecule has 2 aliphatic heterocycles.